The zero-order valence-corrected chi connectivity index (χ0v) is 12.8. The van der Waals surface area contributed by atoms with Crippen LogP contribution in [0.25, 0.3) is 10.9 Å². The van der Waals surface area contributed by atoms with Gasteiger partial charge in [0.25, 0.3) is 0 Å². The molecule has 2 nitrogen and oxygen atoms in total. The van der Waals surface area contributed by atoms with Gasteiger partial charge in [-0.3, -0.25) is 0 Å². The molecule has 3 atom stereocenters. The Kier molecular flexibility index (Phi) is 2.71. The molecule has 0 N–H and O–H groups in total. The van der Waals surface area contributed by atoms with Crippen molar-refractivity contribution in [2.24, 2.45) is 0 Å². The number of para-hydroxylation sites is 1. The summed E-state index contributed by atoms with van der Waals surface area (Å²) in [6.07, 6.45) is 4.11. The number of aryl methyl sites for hydroxylation is 1. The lowest BCUT2D eigenvalue weighted by Crippen LogP contribution is -2.43. The minimum Gasteiger partial charge on any atom is -0.344 e. The first kappa shape index (κ1) is 12.5. The van der Waals surface area contributed by atoms with Gasteiger partial charge in [0, 0.05) is 35.1 Å². The van der Waals surface area contributed by atoms with Crippen molar-refractivity contribution in [3.63, 3.8) is 0 Å². The van der Waals surface area contributed by atoms with Gasteiger partial charge in [-0.2, -0.15) is 0 Å². The Labute approximate surface area is 121 Å². The summed E-state index contributed by atoms with van der Waals surface area (Å²) in [4.78, 5) is 2.46. The van der Waals surface area contributed by atoms with Gasteiger partial charge in [-0.1, -0.05) is 18.2 Å². The maximum atomic E-state index is 2.59. The fraction of sp³-hybridized carbons (Fsp3) is 0.556. The van der Waals surface area contributed by atoms with Crippen LogP contribution in [-0.2, 0) is 6.54 Å². The van der Waals surface area contributed by atoms with Gasteiger partial charge in [-0.15, -0.1) is 0 Å². The lowest BCUT2D eigenvalue weighted by atomic mass is 9.66. The standard InChI is InChI=1S/C18H24N2/c1-4-20-15-8-6-5-7-13(15)17-12-9-10-14(18(17)20)16(11-12)19(2)3/h5-8,12,14,16H,4,9-11H2,1-3H3. The minimum atomic E-state index is 0.732. The average molecular weight is 268 g/mol. The molecule has 106 valence electrons. The summed E-state index contributed by atoms with van der Waals surface area (Å²) in [5.74, 6) is 1.51. The molecule has 1 heterocycles. The molecule has 1 aromatic heterocycles. The van der Waals surface area contributed by atoms with Crippen LogP contribution in [0.2, 0.25) is 0 Å². The highest BCUT2D eigenvalue weighted by molar-refractivity contribution is 5.87. The fourth-order valence-electron chi connectivity index (χ4n) is 4.82. The number of aromatic nitrogens is 1. The Hall–Kier alpha value is -1.28. The van der Waals surface area contributed by atoms with Crippen molar-refractivity contribution in [1.82, 2.24) is 9.47 Å². The lowest BCUT2D eigenvalue weighted by Gasteiger charge is -2.46. The summed E-state index contributed by atoms with van der Waals surface area (Å²) < 4.78 is 2.59. The van der Waals surface area contributed by atoms with E-state index < -0.39 is 0 Å². The Bertz CT molecular complexity index is 653. The SMILES string of the molecule is CCn1c2c(c3ccccc31)C1CCC2C(N(C)C)C1. The Morgan fingerprint density at radius 1 is 1.20 bits per heavy atom. The fourth-order valence-corrected chi connectivity index (χ4v) is 4.82. The summed E-state index contributed by atoms with van der Waals surface area (Å²) in [5, 5.41) is 1.52. The number of likely N-dealkylation sites (N-methyl/N-ethyl adjacent to an activating group) is 1. The monoisotopic (exact) mass is 268 g/mol. The molecular formula is C18H24N2. The van der Waals surface area contributed by atoms with Crippen LogP contribution < -0.4 is 0 Å². The summed E-state index contributed by atoms with van der Waals surface area (Å²) in [6, 6.07) is 9.77. The van der Waals surface area contributed by atoms with Crippen molar-refractivity contribution in [3.05, 3.63) is 35.5 Å². The van der Waals surface area contributed by atoms with Gasteiger partial charge in [0.05, 0.1) is 0 Å². The van der Waals surface area contributed by atoms with E-state index in [0.29, 0.717) is 0 Å². The van der Waals surface area contributed by atoms with Gasteiger partial charge >= 0.3 is 0 Å². The second-order valence-electron chi connectivity index (χ2n) is 6.71. The molecule has 5 rings (SSSR count). The smallest absolute Gasteiger partial charge is 0.0485 e. The van der Waals surface area contributed by atoms with Gasteiger partial charge in [0.2, 0.25) is 0 Å². The van der Waals surface area contributed by atoms with E-state index in [2.05, 4.69) is 54.8 Å². The Morgan fingerprint density at radius 2 is 2.00 bits per heavy atom. The normalized spacial score (nSPS) is 28.3. The Balaban J connectivity index is 2.00. The molecule has 1 saturated carbocycles. The molecule has 3 unspecified atom stereocenters. The number of rotatable bonds is 2. The van der Waals surface area contributed by atoms with Crippen molar-refractivity contribution in [2.45, 2.75) is 50.6 Å². The van der Waals surface area contributed by atoms with Crippen molar-refractivity contribution in [1.29, 1.82) is 0 Å². The van der Waals surface area contributed by atoms with Gasteiger partial charge in [0.1, 0.15) is 0 Å². The molecule has 3 aliphatic carbocycles. The van der Waals surface area contributed by atoms with Crippen LogP contribution in [0.3, 0.4) is 0 Å². The first-order valence-electron chi connectivity index (χ1n) is 7.99. The van der Waals surface area contributed by atoms with Crippen LogP contribution in [0.1, 0.15) is 49.3 Å². The zero-order chi connectivity index (χ0) is 13.9. The second kappa shape index (κ2) is 4.36. The molecular weight excluding hydrogens is 244 g/mol. The predicted octanol–water partition coefficient (Wildman–Crippen LogP) is 3.96. The number of nitrogens with zero attached hydrogens (tertiary/aromatic N) is 2. The van der Waals surface area contributed by atoms with Crippen LogP contribution in [0.4, 0.5) is 0 Å². The third-order valence-corrected chi connectivity index (χ3v) is 5.61. The van der Waals surface area contributed by atoms with E-state index in [9.17, 15) is 0 Å². The molecule has 0 radical (unpaired) electrons. The topological polar surface area (TPSA) is 8.17 Å². The highest BCUT2D eigenvalue weighted by Gasteiger charge is 2.43. The molecule has 0 amide bonds. The van der Waals surface area contributed by atoms with Gasteiger partial charge in [-0.25, -0.2) is 0 Å². The van der Waals surface area contributed by atoms with Crippen LogP contribution in [0.5, 0.6) is 0 Å². The zero-order valence-electron chi connectivity index (χ0n) is 12.8. The van der Waals surface area contributed by atoms with Gasteiger partial charge in [0.15, 0.2) is 0 Å². The van der Waals surface area contributed by atoms with E-state index in [-0.39, 0.29) is 0 Å². The molecule has 1 aromatic carbocycles. The van der Waals surface area contributed by atoms with E-state index in [4.69, 9.17) is 0 Å². The third-order valence-electron chi connectivity index (χ3n) is 5.61. The van der Waals surface area contributed by atoms with E-state index in [1.54, 1.807) is 11.3 Å². The van der Waals surface area contributed by atoms with Crippen molar-refractivity contribution < 1.29 is 0 Å². The number of hydrogen-bond acceptors (Lipinski definition) is 1. The first-order chi connectivity index (χ1) is 9.72. The van der Waals surface area contributed by atoms with Crippen LogP contribution in [0.15, 0.2) is 24.3 Å². The lowest BCUT2D eigenvalue weighted by molar-refractivity contribution is 0.163. The summed E-state index contributed by atoms with van der Waals surface area (Å²) >= 11 is 0. The largest absolute Gasteiger partial charge is 0.344 e. The third kappa shape index (κ3) is 1.49. The minimum absolute atomic E-state index is 0.732. The van der Waals surface area contributed by atoms with Crippen LogP contribution in [0, 0.1) is 0 Å². The van der Waals surface area contributed by atoms with Gasteiger partial charge < -0.3 is 9.47 Å². The first-order valence-corrected chi connectivity index (χ1v) is 7.99. The average Bonchev–Trinajstić information content (AvgIpc) is 2.83. The van der Waals surface area contributed by atoms with Gasteiger partial charge in [-0.05, 0) is 57.8 Å². The molecule has 2 aromatic rings. The molecule has 20 heavy (non-hydrogen) atoms. The molecule has 3 aliphatic rings. The number of hydrogen-bond donors (Lipinski definition) is 0. The maximum Gasteiger partial charge on any atom is 0.0485 e. The molecule has 1 fully saturated rings. The summed E-state index contributed by atoms with van der Waals surface area (Å²) in [7, 11) is 4.51. The summed E-state index contributed by atoms with van der Waals surface area (Å²) in [5.41, 5.74) is 4.81. The molecule has 2 bridgehead atoms. The summed E-state index contributed by atoms with van der Waals surface area (Å²) in [6.45, 7) is 3.39. The predicted molar refractivity (Wildman–Crippen MR) is 84.4 cm³/mol. The second-order valence-corrected chi connectivity index (χ2v) is 6.71. The Morgan fingerprint density at radius 3 is 2.75 bits per heavy atom. The molecule has 0 spiro atoms. The molecule has 0 aliphatic heterocycles. The van der Waals surface area contributed by atoms with Crippen LogP contribution in [-0.4, -0.2) is 29.6 Å². The number of fused-ring (bicyclic) bond motifs is 3. The van der Waals surface area contributed by atoms with Crippen molar-refractivity contribution >= 4 is 10.9 Å². The maximum absolute atomic E-state index is 2.59. The van der Waals surface area contributed by atoms with E-state index in [1.165, 1.54) is 30.2 Å². The molecule has 2 heteroatoms. The highest BCUT2D eigenvalue weighted by atomic mass is 15.1. The van der Waals surface area contributed by atoms with E-state index in [0.717, 1.165) is 24.4 Å². The van der Waals surface area contributed by atoms with Crippen molar-refractivity contribution in [3.8, 4) is 0 Å². The molecule has 0 saturated heterocycles. The van der Waals surface area contributed by atoms with Crippen molar-refractivity contribution in [2.75, 3.05) is 14.1 Å². The van der Waals surface area contributed by atoms with E-state index in [1.807, 2.05) is 0 Å². The van der Waals surface area contributed by atoms with E-state index >= 15 is 0 Å². The highest BCUT2D eigenvalue weighted by Crippen LogP contribution is 2.53. The van der Waals surface area contributed by atoms with Crippen LogP contribution >= 0.6 is 0 Å². The number of benzene rings is 1. The quantitative estimate of drug-likeness (QED) is 0.800.